The van der Waals surface area contributed by atoms with Gasteiger partial charge in [0.15, 0.2) is 0 Å². The van der Waals surface area contributed by atoms with Crippen LogP contribution >= 0.6 is 0 Å². The zero-order chi connectivity index (χ0) is 15.4. The van der Waals surface area contributed by atoms with E-state index < -0.39 is 0 Å². The maximum absolute atomic E-state index is 6.00. The Bertz CT molecular complexity index is 608. The summed E-state index contributed by atoms with van der Waals surface area (Å²) in [5.41, 5.74) is 3.56. The van der Waals surface area contributed by atoms with E-state index in [-0.39, 0.29) is 6.04 Å². The minimum absolute atomic E-state index is 0.276. The average molecular weight is 284 g/mol. The van der Waals surface area contributed by atoms with Crippen LogP contribution in [0.2, 0.25) is 0 Å². The number of hydrogen-bond donors (Lipinski definition) is 1. The summed E-state index contributed by atoms with van der Waals surface area (Å²) in [6.45, 7) is 8.53. The zero-order valence-corrected chi connectivity index (χ0v) is 13.5. The molecule has 0 fully saturated rings. The van der Waals surface area contributed by atoms with Crippen LogP contribution in [0, 0.1) is 6.92 Å². The van der Waals surface area contributed by atoms with E-state index in [0.29, 0.717) is 11.8 Å². The molecule has 112 valence electrons. The van der Waals surface area contributed by atoms with Crippen molar-refractivity contribution in [1.82, 2.24) is 10.3 Å². The molecule has 1 aromatic heterocycles. The van der Waals surface area contributed by atoms with E-state index >= 15 is 0 Å². The van der Waals surface area contributed by atoms with Crippen LogP contribution < -0.4 is 10.1 Å². The summed E-state index contributed by atoms with van der Waals surface area (Å²) in [5.74, 6) is 2.00. The molecule has 0 aliphatic carbocycles. The van der Waals surface area contributed by atoms with Crippen molar-refractivity contribution in [3.63, 3.8) is 0 Å². The first-order valence-corrected chi connectivity index (χ1v) is 7.43. The summed E-state index contributed by atoms with van der Waals surface area (Å²) >= 11 is 0. The second-order valence-electron chi connectivity index (χ2n) is 5.72. The molecule has 0 radical (unpaired) electrons. The maximum Gasteiger partial charge on any atom is 0.219 e. The highest BCUT2D eigenvalue weighted by molar-refractivity contribution is 5.40. The van der Waals surface area contributed by atoms with Crippen LogP contribution in [0.4, 0.5) is 0 Å². The minimum atomic E-state index is 0.276. The minimum Gasteiger partial charge on any atom is -0.439 e. The summed E-state index contributed by atoms with van der Waals surface area (Å²) in [6, 6.07) is 10.6. The van der Waals surface area contributed by atoms with E-state index in [4.69, 9.17) is 4.74 Å². The van der Waals surface area contributed by atoms with Crippen LogP contribution in [-0.2, 0) is 0 Å². The summed E-state index contributed by atoms with van der Waals surface area (Å²) < 4.78 is 6.00. The number of ether oxygens (including phenoxy) is 1. The lowest BCUT2D eigenvalue weighted by Gasteiger charge is -2.14. The number of hydrogen-bond acceptors (Lipinski definition) is 3. The first kappa shape index (κ1) is 15.5. The molecule has 0 aliphatic rings. The quantitative estimate of drug-likeness (QED) is 0.872. The molecule has 1 aromatic carbocycles. The highest BCUT2D eigenvalue weighted by Crippen LogP contribution is 2.28. The van der Waals surface area contributed by atoms with Crippen molar-refractivity contribution in [2.45, 2.75) is 39.7 Å². The molecule has 2 aromatic rings. The molecule has 0 aliphatic heterocycles. The molecule has 21 heavy (non-hydrogen) atoms. The Morgan fingerprint density at radius 1 is 1.05 bits per heavy atom. The Morgan fingerprint density at radius 3 is 2.48 bits per heavy atom. The van der Waals surface area contributed by atoms with Gasteiger partial charge in [0.2, 0.25) is 5.88 Å². The van der Waals surface area contributed by atoms with Crippen molar-refractivity contribution in [1.29, 1.82) is 0 Å². The van der Waals surface area contributed by atoms with Crippen molar-refractivity contribution in [2.75, 3.05) is 7.05 Å². The van der Waals surface area contributed by atoms with Gasteiger partial charge in [0.25, 0.3) is 0 Å². The predicted octanol–water partition coefficient (Wildman–Crippen LogP) is 4.59. The number of rotatable bonds is 5. The fraction of sp³-hybridized carbons (Fsp3) is 0.389. The number of aromatic nitrogens is 1. The Morgan fingerprint density at radius 2 is 1.81 bits per heavy atom. The van der Waals surface area contributed by atoms with E-state index in [0.717, 1.165) is 11.3 Å². The molecular formula is C18H24N2O. The van der Waals surface area contributed by atoms with Gasteiger partial charge in [0, 0.05) is 18.3 Å². The third-order valence-corrected chi connectivity index (χ3v) is 3.79. The molecular weight excluding hydrogens is 260 g/mol. The molecule has 1 unspecified atom stereocenters. The van der Waals surface area contributed by atoms with Gasteiger partial charge in [-0.05, 0) is 55.6 Å². The molecule has 0 saturated heterocycles. The molecule has 3 heteroatoms. The van der Waals surface area contributed by atoms with Crippen molar-refractivity contribution in [2.24, 2.45) is 0 Å². The van der Waals surface area contributed by atoms with E-state index in [1.54, 1.807) is 6.20 Å². The summed E-state index contributed by atoms with van der Waals surface area (Å²) in [4.78, 5) is 4.32. The van der Waals surface area contributed by atoms with Gasteiger partial charge >= 0.3 is 0 Å². The second-order valence-corrected chi connectivity index (χ2v) is 5.72. The molecule has 0 saturated carbocycles. The van der Waals surface area contributed by atoms with Gasteiger partial charge in [-0.1, -0.05) is 26.0 Å². The lowest BCUT2D eigenvalue weighted by Crippen LogP contribution is -2.12. The number of benzene rings is 1. The first-order valence-electron chi connectivity index (χ1n) is 7.43. The number of nitrogens with zero attached hydrogens (tertiary/aromatic N) is 1. The fourth-order valence-corrected chi connectivity index (χ4v) is 2.11. The number of nitrogens with one attached hydrogen (secondary N) is 1. The highest BCUT2D eigenvalue weighted by atomic mass is 16.5. The molecule has 3 nitrogen and oxygen atoms in total. The Kier molecular flexibility index (Phi) is 4.97. The smallest absolute Gasteiger partial charge is 0.219 e. The Labute approximate surface area is 127 Å². The van der Waals surface area contributed by atoms with Crippen LogP contribution in [0.5, 0.6) is 11.6 Å². The molecule has 0 bridgehead atoms. The van der Waals surface area contributed by atoms with Crippen molar-refractivity contribution >= 4 is 0 Å². The van der Waals surface area contributed by atoms with Gasteiger partial charge in [-0.3, -0.25) is 0 Å². The third-order valence-electron chi connectivity index (χ3n) is 3.79. The van der Waals surface area contributed by atoms with Gasteiger partial charge in [-0.2, -0.15) is 0 Å². The van der Waals surface area contributed by atoms with Crippen molar-refractivity contribution in [3.8, 4) is 11.6 Å². The lowest BCUT2D eigenvalue weighted by molar-refractivity contribution is 0.456. The monoisotopic (exact) mass is 284 g/mol. The fourth-order valence-electron chi connectivity index (χ4n) is 2.11. The van der Waals surface area contributed by atoms with Crippen LogP contribution in [0.3, 0.4) is 0 Å². The molecule has 1 atom stereocenters. The van der Waals surface area contributed by atoms with Crippen LogP contribution in [0.1, 0.15) is 49.4 Å². The first-order chi connectivity index (χ1) is 10.0. The highest BCUT2D eigenvalue weighted by Gasteiger charge is 2.09. The van der Waals surface area contributed by atoms with Gasteiger partial charge in [-0.25, -0.2) is 4.98 Å². The third kappa shape index (κ3) is 3.82. The molecule has 1 N–H and O–H groups in total. The zero-order valence-electron chi connectivity index (χ0n) is 13.5. The SMILES string of the molecule is CNC(C)c1ccnc(Oc2cc(C(C)C)ccc2C)c1. The van der Waals surface area contributed by atoms with Gasteiger partial charge < -0.3 is 10.1 Å². The van der Waals surface area contributed by atoms with E-state index in [2.05, 4.69) is 56.2 Å². The molecule has 2 rings (SSSR count). The van der Waals surface area contributed by atoms with Gasteiger partial charge in [-0.15, -0.1) is 0 Å². The Hall–Kier alpha value is -1.87. The second kappa shape index (κ2) is 6.72. The topological polar surface area (TPSA) is 34.2 Å². The molecule has 1 heterocycles. The largest absolute Gasteiger partial charge is 0.439 e. The number of aryl methyl sites for hydroxylation is 1. The maximum atomic E-state index is 6.00. The average Bonchev–Trinajstić information content (AvgIpc) is 2.48. The summed E-state index contributed by atoms with van der Waals surface area (Å²) in [5, 5.41) is 3.22. The standard InChI is InChI=1S/C18H24N2O/c1-12(2)15-7-6-13(3)17(10-15)21-18-11-16(8-9-20-18)14(4)19-5/h6-12,14,19H,1-5H3. The Balaban J connectivity index is 2.27. The van der Waals surface area contributed by atoms with Crippen LogP contribution in [0.25, 0.3) is 0 Å². The van der Waals surface area contributed by atoms with E-state index in [9.17, 15) is 0 Å². The van der Waals surface area contributed by atoms with E-state index in [1.165, 1.54) is 11.1 Å². The van der Waals surface area contributed by atoms with Crippen molar-refractivity contribution < 1.29 is 4.74 Å². The normalized spacial score (nSPS) is 12.5. The van der Waals surface area contributed by atoms with Crippen LogP contribution in [-0.4, -0.2) is 12.0 Å². The van der Waals surface area contributed by atoms with Crippen LogP contribution in [0.15, 0.2) is 36.5 Å². The van der Waals surface area contributed by atoms with Crippen molar-refractivity contribution in [3.05, 3.63) is 53.2 Å². The van der Waals surface area contributed by atoms with E-state index in [1.807, 2.05) is 19.2 Å². The van der Waals surface area contributed by atoms with Gasteiger partial charge in [0.1, 0.15) is 5.75 Å². The number of pyridine rings is 1. The molecule has 0 amide bonds. The molecule has 0 spiro atoms. The summed E-state index contributed by atoms with van der Waals surface area (Å²) in [7, 11) is 1.95. The predicted molar refractivity (Wildman–Crippen MR) is 87.1 cm³/mol. The summed E-state index contributed by atoms with van der Waals surface area (Å²) in [6.07, 6.45) is 1.79. The van der Waals surface area contributed by atoms with Gasteiger partial charge in [0.05, 0.1) is 0 Å². The lowest BCUT2D eigenvalue weighted by atomic mass is 10.0.